The van der Waals surface area contributed by atoms with Gasteiger partial charge >= 0.3 is 0 Å². The van der Waals surface area contributed by atoms with Crippen LogP contribution in [0.15, 0.2) is 59.5 Å². The maximum atomic E-state index is 12.4. The molecule has 2 aromatic carbocycles. The predicted octanol–water partition coefficient (Wildman–Crippen LogP) is 2.26. The van der Waals surface area contributed by atoms with Crippen LogP contribution in [0, 0.1) is 0 Å². The van der Waals surface area contributed by atoms with Crippen molar-refractivity contribution in [3.8, 4) is 0 Å². The van der Waals surface area contributed by atoms with E-state index in [1.54, 1.807) is 12.4 Å². The second-order valence-corrected chi connectivity index (χ2v) is 8.01. The van der Waals surface area contributed by atoms with Gasteiger partial charge < -0.3 is 19.7 Å². The molecule has 2 aliphatic heterocycles. The predicted molar refractivity (Wildman–Crippen MR) is 124 cm³/mol. The van der Waals surface area contributed by atoms with Gasteiger partial charge in [-0.25, -0.2) is 9.98 Å². The van der Waals surface area contributed by atoms with Crippen molar-refractivity contribution in [3.63, 3.8) is 0 Å². The summed E-state index contributed by atoms with van der Waals surface area (Å²) >= 11 is 0. The summed E-state index contributed by atoms with van der Waals surface area (Å²) in [6.07, 6.45) is 3.56. The van der Waals surface area contributed by atoms with E-state index in [0.29, 0.717) is 11.7 Å². The minimum absolute atomic E-state index is 0.221. The molecule has 1 fully saturated rings. The molecule has 0 spiro atoms. The minimum atomic E-state index is -0.221. The molecular weight excluding hydrogens is 390 g/mol. The number of piperazine rings is 1. The lowest BCUT2D eigenvalue weighted by Crippen LogP contribution is -2.44. The molecule has 0 atom stereocenters. The summed E-state index contributed by atoms with van der Waals surface area (Å²) in [4.78, 5) is 25.9. The smallest absolute Gasteiger partial charge is 0.276 e. The number of imidazole rings is 1. The molecule has 0 aliphatic carbocycles. The van der Waals surface area contributed by atoms with Crippen molar-refractivity contribution >= 4 is 40.4 Å². The topological polar surface area (TPSA) is 77.8 Å². The Hall–Kier alpha value is -3.65. The third kappa shape index (κ3) is 4.02. The van der Waals surface area contributed by atoms with Crippen LogP contribution in [0.5, 0.6) is 0 Å². The van der Waals surface area contributed by atoms with E-state index < -0.39 is 0 Å². The summed E-state index contributed by atoms with van der Waals surface area (Å²) in [6, 6.07) is 14.1. The number of nitrogens with zero attached hydrogens (tertiary/aromatic N) is 5. The molecule has 3 aromatic rings. The fourth-order valence-corrected chi connectivity index (χ4v) is 3.88. The lowest BCUT2D eigenvalue weighted by molar-refractivity contribution is -0.115. The van der Waals surface area contributed by atoms with Gasteiger partial charge in [-0.05, 0) is 55.1 Å². The van der Waals surface area contributed by atoms with Crippen LogP contribution in [0.2, 0.25) is 0 Å². The van der Waals surface area contributed by atoms with E-state index in [0.717, 1.165) is 48.5 Å². The molecule has 1 amide bonds. The summed E-state index contributed by atoms with van der Waals surface area (Å²) in [6.45, 7) is 4.21. The molecule has 0 radical (unpaired) electrons. The van der Waals surface area contributed by atoms with Crippen molar-refractivity contribution in [1.82, 2.24) is 19.8 Å². The molecule has 2 aliphatic rings. The summed E-state index contributed by atoms with van der Waals surface area (Å²) in [5.74, 6) is 0.215. The first-order valence-corrected chi connectivity index (χ1v) is 10.4. The molecule has 31 heavy (non-hydrogen) atoms. The van der Waals surface area contributed by atoms with Gasteiger partial charge in [-0.2, -0.15) is 0 Å². The first kappa shape index (κ1) is 19.3. The Kier molecular flexibility index (Phi) is 4.91. The Morgan fingerprint density at radius 2 is 1.81 bits per heavy atom. The molecule has 158 valence electrons. The quantitative estimate of drug-likeness (QED) is 0.642. The Morgan fingerprint density at radius 3 is 2.58 bits per heavy atom. The van der Waals surface area contributed by atoms with Crippen LogP contribution in [-0.4, -0.2) is 59.5 Å². The van der Waals surface area contributed by atoms with Gasteiger partial charge in [0.1, 0.15) is 5.70 Å². The number of aromatic nitrogens is 2. The van der Waals surface area contributed by atoms with Crippen LogP contribution in [-0.2, 0) is 11.8 Å². The largest absolute Gasteiger partial charge is 0.369 e. The second-order valence-electron chi connectivity index (χ2n) is 8.01. The number of nitrogens with one attached hydrogen (secondary N) is 2. The monoisotopic (exact) mass is 415 g/mol. The van der Waals surface area contributed by atoms with Crippen LogP contribution in [0.4, 0.5) is 11.4 Å². The zero-order chi connectivity index (χ0) is 21.4. The van der Waals surface area contributed by atoms with Crippen molar-refractivity contribution in [2.24, 2.45) is 12.0 Å². The van der Waals surface area contributed by atoms with E-state index in [1.807, 2.05) is 41.9 Å². The molecule has 0 unspecified atom stereocenters. The van der Waals surface area contributed by atoms with Gasteiger partial charge in [0.2, 0.25) is 5.96 Å². The molecule has 8 heteroatoms. The van der Waals surface area contributed by atoms with Gasteiger partial charge in [0, 0.05) is 44.6 Å². The average Bonchev–Trinajstić information content (AvgIpc) is 3.31. The molecule has 3 heterocycles. The summed E-state index contributed by atoms with van der Waals surface area (Å²) in [5.41, 5.74) is 5.31. The number of carbonyl (C=O) groups excluding carboxylic acids is 1. The maximum absolute atomic E-state index is 12.4. The molecule has 8 nitrogen and oxygen atoms in total. The molecular formula is C23H25N7O. The van der Waals surface area contributed by atoms with E-state index in [-0.39, 0.29) is 5.91 Å². The molecule has 2 N–H and O–H groups in total. The van der Waals surface area contributed by atoms with Crippen molar-refractivity contribution in [1.29, 1.82) is 0 Å². The third-order valence-corrected chi connectivity index (χ3v) is 5.75. The first-order valence-electron chi connectivity index (χ1n) is 10.4. The Morgan fingerprint density at radius 1 is 1.03 bits per heavy atom. The van der Waals surface area contributed by atoms with Gasteiger partial charge in [0.05, 0.1) is 17.4 Å². The van der Waals surface area contributed by atoms with Crippen LogP contribution < -0.4 is 15.5 Å². The number of guanidine groups is 1. The van der Waals surface area contributed by atoms with Gasteiger partial charge in [0.25, 0.3) is 5.91 Å². The summed E-state index contributed by atoms with van der Waals surface area (Å²) < 4.78 is 1.95. The minimum Gasteiger partial charge on any atom is -0.369 e. The number of aryl methyl sites for hydroxylation is 1. The van der Waals surface area contributed by atoms with Crippen molar-refractivity contribution < 1.29 is 4.79 Å². The molecule has 1 aromatic heterocycles. The third-order valence-electron chi connectivity index (χ3n) is 5.75. The first-order chi connectivity index (χ1) is 15.0. The Labute approximate surface area is 180 Å². The normalized spacial score (nSPS) is 18.5. The number of hydrogen-bond acceptors (Lipinski definition) is 6. The number of fused-ring (bicyclic) bond motifs is 1. The van der Waals surface area contributed by atoms with Crippen LogP contribution in [0.25, 0.3) is 17.1 Å². The number of anilines is 2. The van der Waals surface area contributed by atoms with E-state index in [4.69, 9.17) is 0 Å². The van der Waals surface area contributed by atoms with Gasteiger partial charge in [-0.1, -0.05) is 6.07 Å². The molecule has 0 saturated carbocycles. The zero-order valence-electron chi connectivity index (χ0n) is 17.7. The van der Waals surface area contributed by atoms with Gasteiger partial charge in [-0.3, -0.25) is 10.1 Å². The number of rotatable bonds is 3. The fraction of sp³-hybridized carbons (Fsp3) is 0.261. The summed E-state index contributed by atoms with van der Waals surface area (Å²) in [5, 5.41) is 5.99. The highest BCUT2D eigenvalue weighted by Crippen LogP contribution is 2.21. The number of likely N-dealkylation sites (N-methyl/N-ethyl adjacent to an activating group) is 1. The van der Waals surface area contributed by atoms with Crippen molar-refractivity contribution in [2.75, 3.05) is 43.4 Å². The van der Waals surface area contributed by atoms with E-state index in [1.165, 1.54) is 5.69 Å². The van der Waals surface area contributed by atoms with E-state index >= 15 is 0 Å². The number of amides is 1. The second kappa shape index (κ2) is 7.88. The van der Waals surface area contributed by atoms with Crippen molar-refractivity contribution in [3.05, 3.63) is 60.1 Å². The Balaban J connectivity index is 1.29. The average molecular weight is 416 g/mol. The van der Waals surface area contributed by atoms with E-state index in [9.17, 15) is 4.79 Å². The molecule has 5 rings (SSSR count). The maximum Gasteiger partial charge on any atom is 0.276 e. The van der Waals surface area contributed by atoms with Crippen LogP contribution >= 0.6 is 0 Å². The number of benzene rings is 2. The zero-order valence-corrected chi connectivity index (χ0v) is 17.7. The van der Waals surface area contributed by atoms with Crippen LogP contribution in [0.3, 0.4) is 0 Å². The standard InChI is InChI=1S/C23H25N7O/c1-28-9-11-30(12-10-28)18-6-4-17(5-7-18)25-23-26-20(22(31)27-23)13-16-3-8-19-21(14-16)29(2)15-24-19/h3-8,13-15H,9-12H2,1-2H3,(H2,25,26,27,31)/b20-13-. The SMILES string of the molecule is CN1CCN(c2ccc(NC3=N/C(=C\c4ccc5ncn(C)c5c4)C(=O)N3)cc2)CC1. The Bertz CT molecular complexity index is 1180. The number of carbonyl (C=O) groups is 1. The number of hydrogen-bond donors (Lipinski definition) is 2. The summed E-state index contributed by atoms with van der Waals surface area (Å²) in [7, 11) is 4.10. The van der Waals surface area contributed by atoms with Gasteiger partial charge in [0.15, 0.2) is 0 Å². The highest BCUT2D eigenvalue weighted by atomic mass is 16.2. The van der Waals surface area contributed by atoms with Crippen molar-refractivity contribution in [2.45, 2.75) is 0 Å². The van der Waals surface area contributed by atoms with Gasteiger partial charge in [-0.15, -0.1) is 0 Å². The highest BCUT2D eigenvalue weighted by molar-refractivity contribution is 6.17. The van der Waals surface area contributed by atoms with Crippen LogP contribution in [0.1, 0.15) is 5.56 Å². The lowest BCUT2D eigenvalue weighted by Gasteiger charge is -2.34. The molecule has 1 saturated heterocycles. The van der Waals surface area contributed by atoms with E-state index in [2.05, 4.69) is 49.6 Å². The lowest BCUT2D eigenvalue weighted by atomic mass is 10.1. The fourth-order valence-electron chi connectivity index (χ4n) is 3.88. The highest BCUT2D eigenvalue weighted by Gasteiger charge is 2.20. The molecule has 0 bridgehead atoms. The number of aliphatic imine (C=N–C) groups is 1.